The Hall–Kier alpha value is -1.06. The SMILES string of the molecule is CCOc1cc(C)c(C(C)CC(O)C(C)O)c(C)c1. The average molecular weight is 266 g/mol. The van der Waals surface area contributed by atoms with Crippen LogP contribution in [0.3, 0.4) is 0 Å². The Morgan fingerprint density at radius 3 is 2.05 bits per heavy atom. The molecule has 2 N–H and O–H groups in total. The molecule has 3 unspecified atom stereocenters. The van der Waals surface area contributed by atoms with Crippen molar-refractivity contribution in [3.05, 3.63) is 28.8 Å². The highest BCUT2D eigenvalue weighted by Crippen LogP contribution is 2.31. The number of hydrogen-bond acceptors (Lipinski definition) is 3. The van der Waals surface area contributed by atoms with E-state index in [9.17, 15) is 10.2 Å². The van der Waals surface area contributed by atoms with E-state index in [0.29, 0.717) is 13.0 Å². The van der Waals surface area contributed by atoms with Gasteiger partial charge in [-0.3, -0.25) is 0 Å². The first kappa shape index (κ1) is 16.0. The summed E-state index contributed by atoms with van der Waals surface area (Å²) in [5, 5.41) is 19.2. The van der Waals surface area contributed by atoms with Crippen LogP contribution in [-0.2, 0) is 0 Å². The van der Waals surface area contributed by atoms with Crippen molar-refractivity contribution in [2.45, 2.75) is 59.2 Å². The van der Waals surface area contributed by atoms with Gasteiger partial charge in [-0.05, 0) is 68.9 Å². The van der Waals surface area contributed by atoms with E-state index in [1.807, 2.05) is 19.1 Å². The largest absolute Gasteiger partial charge is 0.494 e. The Labute approximate surface area is 116 Å². The average Bonchev–Trinajstić information content (AvgIpc) is 2.27. The van der Waals surface area contributed by atoms with E-state index in [-0.39, 0.29) is 5.92 Å². The first-order chi connectivity index (χ1) is 8.86. The molecule has 0 radical (unpaired) electrons. The zero-order chi connectivity index (χ0) is 14.6. The lowest BCUT2D eigenvalue weighted by molar-refractivity contribution is 0.0226. The third kappa shape index (κ3) is 4.22. The number of aliphatic hydroxyl groups is 2. The quantitative estimate of drug-likeness (QED) is 0.832. The predicted molar refractivity (Wildman–Crippen MR) is 77.8 cm³/mol. The van der Waals surface area contributed by atoms with Crippen LogP contribution >= 0.6 is 0 Å². The number of aliphatic hydroxyl groups excluding tert-OH is 2. The number of rotatable bonds is 6. The van der Waals surface area contributed by atoms with Crippen LogP contribution in [-0.4, -0.2) is 29.0 Å². The molecule has 1 aromatic carbocycles. The van der Waals surface area contributed by atoms with Gasteiger partial charge >= 0.3 is 0 Å². The summed E-state index contributed by atoms with van der Waals surface area (Å²) in [5.41, 5.74) is 3.59. The van der Waals surface area contributed by atoms with E-state index < -0.39 is 12.2 Å². The highest BCUT2D eigenvalue weighted by molar-refractivity contribution is 5.43. The fourth-order valence-electron chi connectivity index (χ4n) is 2.64. The van der Waals surface area contributed by atoms with Crippen molar-refractivity contribution in [2.75, 3.05) is 6.61 Å². The molecule has 3 atom stereocenters. The van der Waals surface area contributed by atoms with Gasteiger partial charge in [0.1, 0.15) is 5.75 Å². The summed E-state index contributed by atoms with van der Waals surface area (Å²) in [6, 6.07) is 4.08. The molecular formula is C16H26O3. The van der Waals surface area contributed by atoms with Crippen molar-refractivity contribution < 1.29 is 14.9 Å². The molecule has 0 saturated heterocycles. The molecule has 3 heteroatoms. The predicted octanol–water partition coefficient (Wildman–Crippen LogP) is 2.94. The maximum absolute atomic E-state index is 9.80. The molecule has 108 valence electrons. The molecule has 0 fully saturated rings. The molecule has 0 spiro atoms. The van der Waals surface area contributed by atoms with E-state index >= 15 is 0 Å². The van der Waals surface area contributed by atoms with Gasteiger partial charge in [0.15, 0.2) is 0 Å². The summed E-state index contributed by atoms with van der Waals surface area (Å²) in [5.74, 6) is 1.10. The Balaban J connectivity index is 2.94. The molecule has 1 aromatic rings. The van der Waals surface area contributed by atoms with Gasteiger partial charge in [0.2, 0.25) is 0 Å². The first-order valence-corrected chi connectivity index (χ1v) is 6.96. The van der Waals surface area contributed by atoms with Gasteiger partial charge in [0, 0.05) is 0 Å². The summed E-state index contributed by atoms with van der Waals surface area (Å²) in [6.07, 6.45) is -0.806. The summed E-state index contributed by atoms with van der Waals surface area (Å²) in [7, 11) is 0. The lowest BCUT2D eigenvalue weighted by atomic mass is 9.87. The number of benzene rings is 1. The Bertz CT molecular complexity index is 389. The minimum Gasteiger partial charge on any atom is -0.494 e. The lowest BCUT2D eigenvalue weighted by Gasteiger charge is -2.22. The summed E-state index contributed by atoms with van der Waals surface area (Å²) >= 11 is 0. The molecule has 0 aromatic heterocycles. The smallest absolute Gasteiger partial charge is 0.119 e. The molecule has 19 heavy (non-hydrogen) atoms. The highest BCUT2D eigenvalue weighted by Gasteiger charge is 2.19. The molecule has 0 bridgehead atoms. The van der Waals surface area contributed by atoms with Crippen LogP contribution in [0.2, 0.25) is 0 Å². The highest BCUT2D eigenvalue weighted by atomic mass is 16.5. The second-order valence-corrected chi connectivity index (χ2v) is 5.35. The van der Waals surface area contributed by atoms with Crippen molar-refractivity contribution in [3.63, 3.8) is 0 Å². The minimum atomic E-state index is -0.689. The molecule has 1 rings (SSSR count). The van der Waals surface area contributed by atoms with Gasteiger partial charge < -0.3 is 14.9 Å². The van der Waals surface area contributed by atoms with Crippen molar-refractivity contribution in [2.24, 2.45) is 0 Å². The van der Waals surface area contributed by atoms with Crippen molar-refractivity contribution >= 4 is 0 Å². The number of aryl methyl sites for hydroxylation is 2. The van der Waals surface area contributed by atoms with Crippen LogP contribution in [0.1, 0.15) is 49.8 Å². The van der Waals surface area contributed by atoms with Crippen molar-refractivity contribution in [3.8, 4) is 5.75 Å². The van der Waals surface area contributed by atoms with Crippen LogP contribution < -0.4 is 4.74 Å². The van der Waals surface area contributed by atoms with Gasteiger partial charge in [-0.2, -0.15) is 0 Å². The zero-order valence-electron chi connectivity index (χ0n) is 12.6. The standard InChI is InChI=1S/C16H26O3/c1-6-19-14-7-10(2)16(11(3)8-14)12(4)9-15(18)13(5)17/h7-8,12-13,15,17-18H,6,9H2,1-5H3. The Morgan fingerprint density at radius 2 is 1.63 bits per heavy atom. The molecular weight excluding hydrogens is 240 g/mol. The monoisotopic (exact) mass is 266 g/mol. The molecule has 0 aliphatic heterocycles. The molecule has 0 aliphatic rings. The van der Waals surface area contributed by atoms with Crippen LogP contribution in [0.15, 0.2) is 12.1 Å². The second kappa shape index (κ2) is 6.92. The van der Waals surface area contributed by atoms with E-state index in [1.54, 1.807) is 6.92 Å². The maximum Gasteiger partial charge on any atom is 0.119 e. The third-order valence-electron chi connectivity index (χ3n) is 3.52. The second-order valence-electron chi connectivity index (χ2n) is 5.35. The van der Waals surface area contributed by atoms with Crippen LogP contribution in [0, 0.1) is 13.8 Å². The van der Waals surface area contributed by atoms with Crippen LogP contribution in [0.25, 0.3) is 0 Å². The zero-order valence-corrected chi connectivity index (χ0v) is 12.6. The third-order valence-corrected chi connectivity index (χ3v) is 3.52. The normalized spacial score (nSPS) is 15.9. The summed E-state index contributed by atoms with van der Waals surface area (Å²) in [4.78, 5) is 0. The van der Waals surface area contributed by atoms with Gasteiger partial charge in [-0.25, -0.2) is 0 Å². The van der Waals surface area contributed by atoms with E-state index in [2.05, 4.69) is 20.8 Å². The summed E-state index contributed by atoms with van der Waals surface area (Å²) < 4.78 is 5.53. The van der Waals surface area contributed by atoms with Crippen LogP contribution in [0.5, 0.6) is 5.75 Å². The number of hydrogen-bond donors (Lipinski definition) is 2. The topological polar surface area (TPSA) is 49.7 Å². The lowest BCUT2D eigenvalue weighted by Crippen LogP contribution is -2.24. The summed E-state index contributed by atoms with van der Waals surface area (Å²) in [6.45, 7) is 10.5. The molecule has 0 heterocycles. The van der Waals surface area contributed by atoms with E-state index in [1.165, 1.54) is 16.7 Å². The maximum atomic E-state index is 9.80. The minimum absolute atomic E-state index is 0.209. The van der Waals surface area contributed by atoms with Gasteiger partial charge in [0.05, 0.1) is 18.8 Å². The Kier molecular flexibility index (Phi) is 5.83. The molecule has 0 saturated carbocycles. The Morgan fingerprint density at radius 1 is 1.11 bits per heavy atom. The van der Waals surface area contributed by atoms with E-state index in [0.717, 1.165) is 5.75 Å². The number of ether oxygens (including phenoxy) is 1. The van der Waals surface area contributed by atoms with Crippen LogP contribution in [0.4, 0.5) is 0 Å². The van der Waals surface area contributed by atoms with Crippen molar-refractivity contribution in [1.29, 1.82) is 0 Å². The van der Waals surface area contributed by atoms with Crippen molar-refractivity contribution in [1.82, 2.24) is 0 Å². The van der Waals surface area contributed by atoms with E-state index in [4.69, 9.17) is 4.74 Å². The molecule has 0 amide bonds. The first-order valence-electron chi connectivity index (χ1n) is 6.96. The fourth-order valence-corrected chi connectivity index (χ4v) is 2.64. The molecule has 3 nitrogen and oxygen atoms in total. The van der Waals surface area contributed by atoms with Gasteiger partial charge in [0.25, 0.3) is 0 Å². The van der Waals surface area contributed by atoms with Gasteiger partial charge in [-0.1, -0.05) is 6.92 Å². The van der Waals surface area contributed by atoms with Gasteiger partial charge in [-0.15, -0.1) is 0 Å². The fraction of sp³-hybridized carbons (Fsp3) is 0.625. The molecule has 0 aliphatic carbocycles.